The van der Waals surface area contributed by atoms with E-state index < -0.39 is 0 Å². The first kappa shape index (κ1) is 21.6. The molecule has 2 amide bonds. The number of ketones is 1. The molecule has 166 valence electrons. The van der Waals surface area contributed by atoms with Crippen molar-refractivity contribution in [1.82, 2.24) is 14.5 Å². The van der Waals surface area contributed by atoms with E-state index in [1.807, 2.05) is 6.07 Å². The van der Waals surface area contributed by atoms with Crippen LogP contribution in [0, 0.1) is 0 Å². The number of anilines is 1. The van der Waals surface area contributed by atoms with Gasteiger partial charge in [0, 0.05) is 49.4 Å². The molecule has 0 spiro atoms. The largest absolute Gasteiger partial charge is 0.508 e. The number of urea groups is 1. The monoisotopic (exact) mass is 434 g/mol. The van der Waals surface area contributed by atoms with E-state index >= 15 is 0 Å². The lowest BCUT2D eigenvalue weighted by atomic mass is 10.1. The Bertz CT molecular complexity index is 1090. The second kappa shape index (κ2) is 9.65. The molecule has 1 atom stereocenters. The summed E-state index contributed by atoms with van der Waals surface area (Å²) in [6, 6.07) is 13.4. The van der Waals surface area contributed by atoms with Gasteiger partial charge in [0.2, 0.25) is 5.78 Å². The van der Waals surface area contributed by atoms with Crippen LogP contribution >= 0.6 is 0 Å². The molecule has 0 aliphatic carbocycles. The molecule has 0 unspecified atom stereocenters. The van der Waals surface area contributed by atoms with Gasteiger partial charge in [-0.25, -0.2) is 9.78 Å². The smallest absolute Gasteiger partial charge is 0.322 e. The van der Waals surface area contributed by atoms with Gasteiger partial charge in [-0.2, -0.15) is 0 Å². The number of carbonyl (C=O) groups excluding carboxylic acids is 2. The molecule has 4 rings (SSSR count). The number of aryl methyl sites for hydroxylation is 1. The van der Waals surface area contributed by atoms with E-state index in [1.165, 1.54) is 0 Å². The van der Waals surface area contributed by atoms with Crippen LogP contribution in [0.2, 0.25) is 0 Å². The first-order chi connectivity index (χ1) is 15.5. The van der Waals surface area contributed by atoms with Gasteiger partial charge in [-0.1, -0.05) is 18.2 Å². The van der Waals surface area contributed by atoms with Crippen LogP contribution in [-0.4, -0.2) is 50.6 Å². The minimum absolute atomic E-state index is 0.0237. The number of phenols is 1. The zero-order valence-electron chi connectivity index (χ0n) is 17.9. The van der Waals surface area contributed by atoms with Crippen molar-refractivity contribution in [1.29, 1.82) is 0 Å². The van der Waals surface area contributed by atoms with Crippen molar-refractivity contribution in [2.75, 3.05) is 18.5 Å². The number of nitrogens with zero attached hydrogens (tertiary/aromatic N) is 3. The summed E-state index contributed by atoms with van der Waals surface area (Å²) in [5.41, 5.74) is 1.72. The number of imidazole rings is 1. The molecular weight excluding hydrogens is 408 g/mol. The molecule has 2 heterocycles. The summed E-state index contributed by atoms with van der Waals surface area (Å²) in [6.07, 6.45) is 5.14. The van der Waals surface area contributed by atoms with Crippen LogP contribution in [0.1, 0.15) is 34.6 Å². The molecule has 0 bridgehead atoms. The lowest BCUT2D eigenvalue weighted by molar-refractivity contribution is 0.0817. The number of para-hydroxylation sites is 1. The zero-order chi connectivity index (χ0) is 22.5. The van der Waals surface area contributed by atoms with E-state index in [9.17, 15) is 14.7 Å². The molecule has 0 saturated carbocycles. The topological polar surface area (TPSA) is 96.7 Å². The molecule has 0 radical (unpaired) electrons. The maximum Gasteiger partial charge on any atom is 0.322 e. The average molecular weight is 434 g/mol. The molecule has 1 aliphatic heterocycles. The normalized spacial score (nSPS) is 15.5. The van der Waals surface area contributed by atoms with Gasteiger partial charge in [0.25, 0.3) is 0 Å². The number of aromatic nitrogens is 2. The Kier molecular flexibility index (Phi) is 6.51. The number of hydrogen-bond donors (Lipinski definition) is 2. The Morgan fingerprint density at radius 3 is 2.66 bits per heavy atom. The van der Waals surface area contributed by atoms with Crippen LogP contribution in [0.25, 0.3) is 0 Å². The lowest BCUT2D eigenvalue weighted by Gasteiger charge is -2.26. The van der Waals surface area contributed by atoms with Crippen LogP contribution < -0.4 is 5.32 Å². The number of rotatable bonds is 7. The number of benzene rings is 2. The first-order valence-electron chi connectivity index (χ1n) is 10.6. The summed E-state index contributed by atoms with van der Waals surface area (Å²) in [5, 5.41) is 13.0. The van der Waals surface area contributed by atoms with Crippen molar-refractivity contribution in [3.05, 3.63) is 77.9 Å². The number of ether oxygens (including phenoxy) is 1. The maximum atomic E-state index is 13.1. The van der Waals surface area contributed by atoms with E-state index in [2.05, 4.69) is 10.3 Å². The molecule has 32 heavy (non-hydrogen) atoms. The highest BCUT2D eigenvalue weighted by Crippen LogP contribution is 2.21. The highest BCUT2D eigenvalue weighted by Gasteiger charge is 2.24. The number of hydrogen-bond acceptors (Lipinski definition) is 5. The Balaban J connectivity index is 1.46. The number of carbonyl (C=O) groups is 2. The Labute approximate surface area is 186 Å². The predicted octanol–water partition coefficient (Wildman–Crippen LogP) is 3.57. The van der Waals surface area contributed by atoms with E-state index in [0.29, 0.717) is 35.8 Å². The van der Waals surface area contributed by atoms with Crippen molar-refractivity contribution < 1.29 is 19.4 Å². The van der Waals surface area contributed by atoms with Crippen LogP contribution in [0.5, 0.6) is 5.75 Å². The third kappa shape index (κ3) is 4.97. The molecule has 1 saturated heterocycles. The Hall–Kier alpha value is -3.65. The van der Waals surface area contributed by atoms with Crippen LogP contribution in [-0.2, 0) is 18.3 Å². The number of phenolic OH excluding ortho intramolecular Hbond substituents is 1. The molecule has 8 nitrogen and oxygen atoms in total. The third-order valence-electron chi connectivity index (χ3n) is 5.51. The van der Waals surface area contributed by atoms with E-state index in [-0.39, 0.29) is 30.2 Å². The average Bonchev–Trinajstić information content (AvgIpc) is 3.46. The molecule has 3 aromatic rings. The highest BCUT2D eigenvalue weighted by atomic mass is 16.5. The van der Waals surface area contributed by atoms with Crippen LogP contribution in [0.15, 0.2) is 60.9 Å². The summed E-state index contributed by atoms with van der Waals surface area (Å²) in [4.78, 5) is 31.4. The zero-order valence-corrected chi connectivity index (χ0v) is 17.9. The van der Waals surface area contributed by atoms with Gasteiger partial charge in [-0.05, 0) is 43.2 Å². The van der Waals surface area contributed by atoms with Gasteiger partial charge in [0.15, 0.2) is 5.82 Å². The van der Waals surface area contributed by atoms with Gasteiger partial charge in [-0.3, -0.25) is 4.79 Å². The quantitative estimate of drug-likeness (QED) is 0.554. The third-order valence-corrected chi connectivity index (χ3v) is 5.51. The fraction of sp³-hybridized carbons (Fsp3) is 0.292. The predicted molar refractivity (Wildman–Crippen MR) is 120 cm³/mol. The minimum Gasteiger partial charge on any atom is -0.508 e. The van der Waals surface area contributed by atoms with Gasteiger partial charge in [0.05, 0.1) is 12.6 Å². The van der Waals surface area contributed by atoms with Gasteiger partial charge in [0.1, 0.15) is 5.75 Å². The lowest BCUT2D eigenvalue weighted by Crippen LogP contribution is -2.39. The summed E-state index contributed by atoms with van der Waals surface area (Å²) >= 11 is 0. The van der Waals surface area contributed by atoms with Crippen molar-refractivity contribution in [3.8, 4) is 5.75 Å². The van der Waals surface area contributed by atoms with Gasteiger partial charge >= 0.3 is 6.03 Å². The fourth-order valence-electron chi connectivity index (χ4n) is 3.72. The molecule has 1 fully saturated rings. The minimum atomic E-state index is -0.299. The molecule has 2 aromatic carbocycles. The highest BCUT2D eigenvalue weighted by molar-refractivity contribution is 6.07. The first-order valence-corrected chi connectivity index (χ1v) is 10.6. The number of aromatic hydroxyl groups is 1. The van der Waals surface area contributed by atoms with Crippen molar-refractivity contribution in [2.24, 2.45) is 7.05 Å². The van der Waals surface area contributed by atoms with E-state index in [1.54, 1.807) is 71.4 Å². The molecular formula is C24H26N4O4. The molecule has 1 aliphatic rings. The molecule has 8 heteroatoms. The fourth-order valence-corrected chi connectivity index (χ4v) is 3.72. The van der Waals surface area contributed by atoms with Crippen molar-refractivity contribution >= 4 is 17.5 Å². The summed E-state index contributed by atoms with van der Waals surface area (Å²) < 4.78 is 7.38. The Morgan fingerprint density at radius 2 is 2.00 bits per heavy atom. The van der Waals surface area contributed by atoms with Crippen LogP contribution in [0.3, 0.4) is 0 Å². The van der Waals surface area contributed by atoms with E-state index in [4.69, 9.17) is 4.74 Å². The second-order valence-corrected chi connectivity index (χ2v) is 7.84. The standard InChI is InChI=1S/C24H26N4O4/c1-27-13-12-25-23(27)22(30)17-8-10-19(11-9-17)26-24(31)28(16-20-6-4-14-32-20)15-18-5-2-3-7-21(18)29/h2-3,5,7-13,20,29H,4,6,14-16H2,1H3,(H,26,31)/t20-/m1/s1. The Morgan fingerprint density at radius 1 is 1.22 bits per heavy atom. The van der Waals surface area contributed by atoms with Gasteiger partial charge < -0.3 is 24.6 Å². The van der Waals surface area contributed by atoms with Gasteiger partial charge in [-0.15, -0.1) is 0 Å². The number of nitrogens with one attached hydrogen (secondary N) is 1. The second-order valence-electron chi connectivity index (χ2n) is 7.84. The summed E-state index contributed by atoms with van der Waals surface area (Å²) in [7, 11) is 1.77. The van der Waals surface area contributed by atoms with Crippen molar-refractivity contribution in [3.63, 3.8) is 0 Å². The number of amides is 2. The van der Waals surface area contributed by atoms with Crippen LogP contribution in [0.4, 0.5) is 10.5 Å². The van der Waals surface area contributed by atoms with E-state index in [0.717, 1.165) is 12.8 Å². The molecule has 1 aromatic heterocycles. The summed E-state index contributed by atoms with van der Waals surface area (Å²) in [6.45, 7) is 1.38. The maximum absolute atomic E-state index is 13.1. The SMILES string of the molecule is Cn1ccnc1C(=O)c1ccc(NC(=O)N(Cc2ccccc2O)C[C@H]2CCCO2)cc1. The summed E-state index contributed by atoms with van der Waals surface area (Å²) in [5.74, 6) is 0.317. The molecule has 2 N–H and O–H groups in total. The van der Waals surface area contributed by atoms with Crippen molar-refractivity contribution in [2.45, 2.75) is 25.5 Å².